The summed E-state index contributed by atoms with van der Waals surface area (Å²) in [6, 6.07) is 13.5. The fraction of sp³-hybridized carbons (Fsp3) is 0.435. The highest BCUT2D eigenvalue weighted by Crippen LogP contribution is 2.28. The zero-order valence-electron chi connectivity index (χ0n) is 18.9. The average Bonchev–Trinajstić information content (AvgIpc) is 3.25. The topological polar surface area (TPSA) is 84.2 Å². The quantitative estimate of drug-likeness (QED) is 0.498. The Morgan fingerprint density at radius 2 is 1.73 bits per heavy atom. The molecular formula is C23H29FN6O2S. The molecule has 1 atom stereocenters. The van der Waals surface area contributed by atoms with Crippen LogP contribution in [0.3, 0.4) is 0 Å². The monoisotopic (exact) mass is 472 g/mol. The van der Waals surface area contributed by atoms with Gasteiger partial charge in [-0.2, -0.15) is 0 Å². The van der Waals surface area contributed by atoms with Crippen molar-refractivity contribution in [2.45, 2.75) is 43.5 Å². The van der Waals surface area contributed by atoms with Gasteiger partial charge < -0.3 is 4.90 Å². The second-order valence-electron chi connectivity index (χ2n) is 8.37. The van der Waals surface area contributed by atoms with E-state index in [-0.39, 0.29) is 22.6 Å². The van der Waals surface area contributed by atoms with Gasteiger partial charge >= 0.3 is 0 Å². The van der Waals surface area contributed by atoms with Crippen molar-refractivity contribution >= 4 is 15.5 Å². The lowest BCUT2D eigenvalue weighted by Crippen LogP contribution is -2.48. The molecule has 4 rings (SSSR count). The number of piperazine rings is 1. The largest absolute Gasteiger partial charge is 0.367 e. The van der Waals surface area contributed by atoms with Crippen LogP contribution in [0.2, 0.25) is 0 Å². The van der Waals surface area contributed by atoms with Crippen LogP contribution in [0, 0.1) is 12.7 Å². The number of para-hydroxylation sites is 1. The first-order valence-corrected chi connectivity index (χ1v) is 12.8. The fourth-order valence-corrected chi connectivity index (χ4v) is 5.46. The number of nitrogens with zero attached hydrogens (tertiary/aromatic N) is 6. The number of aryl methyl sites for hydroxylation is 1. The number of anilines is 1. The van der Waals surface area contributed by atoms with E-state index in [1.807, 2.05) is 17.9 Å². The first-order valence-electron chi connectivity index (χ1n) is 11.2. The van der Waals surface area contributed by atoms with Gasteiger partial charge in [-0.3, -0.25) is 4.90 Å². The molecule has 2 heterocycles. The zero-order chi connectivity index (χ0) is 23.4. The molecule has 176 valence electrons. The first kappa shape index (κ1) is 23.3. The lowest BCUT2D eigenvalue weighted by molar-refractivity contribution is 0.164. The van der Waals surface area contributed by atoms with Crippen LogP contribution < -0.4 is 4.90 Å². The third-order valence-electron chi connectivity index (χ3n) is 6.04. The van der Waals surface area contributed by atoms with E-state index in [1.54, 1.807) is 36.4 Å². The van der Waals surface area contributed by atoms with Gasteiger partial charge in [-0.05, 0) is 48.0 Å². The Kier molecular flexibility index (Phi) is 7.04. The number of hydrogen-bond donors (Lipinski definition) is 0. The summed E-state index contributed by atoms with van der Waals surface area (Å²) in [7, 11) is -3.60. The minimum absolute atomic E-state index is 0.110. The van der Waals surface area contributed by atoms with Crippen molar-refractivity contribution in [2.75, 3.05) is 31.1 Å². The van der Waals surface area contributed by atoms with Crippen molar-refractivity contribution in [3.63, 3.8) is 0 Å². The van der Waals surface area contributed by atoms with Gasteiger partial charge in [0.25, 0.3) is 0 Å². The van der Waals surface area contributed by atoms with E-state index in [4.69, 9.17) is 0 Å². The zero-order valence-corrected chi connectivity index (χ0v) is 19.7. The summed E-state index contributed by atoms with van der Waals surface area (Å²) in [5.74, 6) is 0.0153. The van der Waals surface area contributed by atoms with E-state index in [1.165, 1.54) is 10.7 Å². The lowest BCUT2D eigenvalue weighted by atomic mass is 10.1. The highest BCUT2D eigenvalue weighted by molar-refractivity contribution is 7.90. The van der Waals surface area contributed by atoms with Gasteiger partial charge in [-0.25, -0.2) is 17.5 Å². The molecule has 0 N–H and O–H groups in total. The minimum Gasteiger partial charge on any atom is -0.367 e. The van der Waals surface area contributed by atoms with E-state index in [0.29, 0.717) is 37.7 Å². The van der Waals surface area contributed by atoms with Crippen molar-refractivity contribution in [2.24, 2.45) is 0 Å². The van der Waals surface area contributed by atoms with Crippen molar-refractivity contribution in [1.82, 2.24) is 25.1 Å². The lowest BCUT2D eigenvalue weighted by Gasteiger charge is -2.39. The van der Waals surface area contributed by atoms with E-state index in [2.05, 4.69) is 27.3 Å². The summed E-state index contributed by atoms with van der Waals surface area (Å²) in [6.07, 6.45) is 1.69. The molecule has 0 radical (unpaired) electrons. The van der Waals surface area contributed by atoms with Gasteiger partial charge in [-0.1, -0.05) is 43.2 Å². The summed E-state index contributed by atoms with van der Waals surface area (Å²) in [5, 5.41) is 12.0. The molecule has 0 saturated carbocycles. The van der Waals surface area contributed by atoms with Crippen LogP contribution in [0.25, 0.3) is 0 Å². The van der Waals surface area contributed by atoms with Crippen molar-refractivity contribution in [3.8, 4) is 0 Å². The number of hydrogen-bond acceptors (Lipinski definition) is 7. The van der Waals surface area contributed by atoms with Gasteiger partial charge in [0.1, 0.15) is 5.82 Å². The van der Waals surface area contributed by atoms with Crippen molar-refractivity contribution < 1.29 is 12.8 Å². The standard InChI is InChI=1S/C23H29FN6O2S/c1-3-6-22(29-15-13-28(14-16-29)21-8-5-4-7-20(21)24)23-25-26-27-30(23)17-33(31,32)19-11-9-18(2)10-12-19/h4-5,7-12,22H,3,6,13-17H2,1-2H3/t22-/m0/s1. The van der Waals surface area contributed by atoms with Gasteiger partial charge in [0.15, 0.2) is 21.5 Å². The Labute approximate surface area is 193 Å². The Hall–Kier alpha value is -2.85. The fourth-order valence-electron chi connectivity index (χ4n) is 4.25. The average molecular weight is 473 g/mol. The van der Waals surface area contributed by atoms with Gasteiger partial charge in [-0.15, -0.1) is 5.10 Å². The third kappa shape index (κ3) is 5.22. The molecule has 1 aliphatic rings. The molecule has 0 spiro atoms. The predicted molar refractivity (Wildman–Crippen MR) is 124 cm³/mol. The maximum absolute atomic E-state index is 14.2. The Balaban J connectivity index is 1.51. The van der Waals surface area contributed by atoms with Gasteiger partial charge in [0, 0.05) is 26.2 Å². The molecule has 33 heavy (non-hydrogen) atoms. The van der Waals surface area contributed by atoms with Crippen LogP contribution >= 0.6 is 0 Å². The van der Waals surface area contributed by atoms with Gasteiger partial charge in [0.2, 0.25) is 0 Å². The van der Waals surface area contributed by atoms with Crippen LogP contribution in [0.4, 0.5) is 10.1 Å². The van der Waals surface area contributed by atoms with Crippen LogP contribution in [-0.2, 0) is 15.7 Å². The molecule has 0 aliphatic carbocycles. The Bertz CT molecular complexity index is 1170. The van der Waals surface area contributed by atoms with Crippen LogP contribution in [0.15, 0.2) is 53.4 Å². The summed E-state index contributed by atoms with van der Waals surface area (Å²) >= 11 is 0. The Morgan fingerprint density at radius 3 is 2.39 bits per heavy atom. The minimum atomic E-state index is -3.60. The third-order valence-corrected chi connectivity index (χ3v) is 7.62. The molecule has 10 heteroatoms. The Morgan fingerprint density at radius 1 is 1.03 bits per heavy atom. The first-order chi connectivity index (χ1) is 15.9. The molecule has 0 bridgehead atoms. The number of benzene rings is 2. The smallest absolute Gasteiger partial charge is 0.198 e. The summed E-state index contributed by atoms with van der Waals surface area (Å²) in [5.41, 5.74) is 1.60. The van der Waals surface area contributed by atoms with E-state index in [9.17, 15) is 12.8 Å². The predicted octanol–water partition coefficient (Wildman–Crippen LogP) is 3.22. The van der Waals surface area contributed by atoms with E-state index >= 15 is 0 Å². The SMILES string of the molecule is CCC[C@@H](c1nnnn1CS(=O)(=O)c1ccc(C)cc1)N1CCN(c2ccccc2F)CC1. The second kappa shape index (κ2) is 9.96. The van der Waals surface area contributed by atoms with Crippen LogP contribution in [0.5, 0.6) is 0 Å². The van der Waals surface area contributed by atoms with E-state index in [0.717, 1.165) is 18.4 Å². The number of aromatic nitrogens is 4. The maximum Gasteiger partial charge on any atom is 0.198 e. The molecule has 1 aliphatic heterocycles. The molecule has 0 unspecified atom stereocenters. The number of halogens is 1. The maximum atomic E-state index is 14.2. The van der Waals surface area contributed by atoms with Crippen LogP contribution in [0.1, 0.15) is 37.2 Å². The van der Waals surface area contributed by atoms with Crippen molar-refractivity contribution in [1.29, 1.82) is 0 Å². The highest BCUT2D eigenvalue weighted by Gasteiger charge is 2.30. The summed E-state index contributed by atoms with van der Waals surface area (Å²) in [4.78, 5) is 4.56. The molecule has 3 aromatic rings. The van der Waals surface area contributed by atoms with E-state index < -0.39 is 9.84 Å². The molecule has 0 amide bonds. The summed E-state index contributed by atoms with van der Waals surface area (Å²) < 4.78 is 41.6. The molecule has 1 saturated heterocycles. The number of rotatable bonds is 8. The number of sulfone groups is 1. The van der Waals surface area contributed by atoms with Crippen molar-refractivity contribution in [3.05, 3.63) is 65.7 Å². The molecule has 8 nitrogen and oxygen atoms in total. The number of tetrazole rings is 1. The molecular weight excluding hydrogens is 443 g/mol. The normalized spacial score (nSPS) is 16.2. The van der Waals surface area contributed by atoms with Gasteiger partial charge in [0.05, 0.1) is 16.6 Å². The molecule has 1 fully saturated rings. The summed E-state index contributed by atoms with van der Waals surface area (Å²) in [6.45, 7) is 6.75. The highest BCUT2D eigenvalue weighted by atomic mass is 32.2. The molecule has 2 aromatic carbocycles. The molecule has 1 aromatic heterocycles. The second-order valence-corrected chi connectivity index (χ2v) is 10.3. The van der Waals surface area contributed by atoms with Crippen LogP contribution in [-0.4, -0.2) is 59.7 Å².